The van der Waals surface area contributed by atoms with Gasteiger partial charge in [-0.2, -0.15) is 0 Å². The van der Waals surface area contributed by atoms with Gasteiger partial charge in [-0.1, -0.05) is 170 Å². The highest BCUT2D eigenvalue weighted by molar-refractivity contribution is 6.21. The van der Waals surface area contributed by atoms with Crippen LogP contribution in [0.1, 0.15) is 22.4 Å². The summed E-state index contributed by atoms with van der Waals surface area (Å²) in [6, 6.07) is 70.2. The van der Waals surface area contributed by atoms with E-state index in [0.717, 1.165) is 73.0 Å². The summed E-state index contributed by atoms with van der Waals surface area (Å²) in [5.41, 5.74) is 15.3. The normalized spacial score (nSPS) is 13.6. The zero-order valence-electron chi connectivity index (χ0n) is 30.0. The van der Waals surface area contributed by atoms with Gasteiger partial charge in [-0.25, -0.2) is 4.99 Å². The number of aromatic nitrogens is 2. The number of nitrogens with zero attached hydrogens (tertiary/aromatic N) is 3. The van der Waals surface area contributed by atoms with E-state index in [2.05, 4.69) is 199 Å². The van der Waals surface area contributed by atoms with Crippen molar-refractivity contribution < 1.29 is 0 Å². The fraction of sp³-hybridized carbons (Fsp3) is 0. The van der Waals surface area contributed by atoms with Crippen molar-refractivity contribution in [2.45, 2.75) is 0 Å². The number of rotatable bonds is 7. The zero-order chi connectivity index (χ0) is 36.7. The number of hydrogen-bond acceptors (Lipinski definition) is 1. The molecule has 0 fully saturated rings. The third kappa shape index (κ3) is 5.67. The summed E-state index contributed by atoms with van der Waals surface area (Å²) in [5, 5.41) is 2.47. The molecule has 0 bridgehead atoms. The minimum absolute atomic E-state index is 0.872. The molecule has 3 nitrogen and oxygen atoms in total. The summed E-state index contributed by atoms with van der Waals surface area (Å²) in [7, 11) is 7.35. The van der Waals surface area contributed by atoms with Crippen LogP contribution < -0.4 is 0 Å². The lowest BCUT2D eigenvalue weighted by Crippen LogP contribution is -2.05. The molecule has 0 saturated heterocycles. The molecule has 7 aromatic carbocycles. The molecule has 1 aliphatic heterocycles. The van der Waals surface area contributed by atoms with Crippen molar-refractivity contribution in [1.82, 2.24) is 9.05 Å². The Morgan fingerprint density at radius 1 is 0.473 bits per heavy atom. The molecule has 4 heteroatoms. The summed E-state index contributed by atoms with van der Waals surface area (Å²) >= 11 is 0. The van der Waals surface area contributed by atoms with E-state index in [-0.39, 0.29) is 0 Å². The van der Waals surface area contributed by atoms with Crippen LogP contribution in [0.3, 0.4) is 0 Å². The molecule has 0 saturated carbocycles. The molecular weight excluding hydrogens is 665 g/mol. The molecule has 0 N–H and O–H groups in total. The van der Waals surface area contributed by atoms with Crippen LogP contribution in [0.4, 0.5) is 0 Å². The maximum absolute atomic E-state index is 7.35. The van der Waals surface area contributed by atoms with Gasteiger partial charge in [-0.05, 0) is 58.7 Å². The van der Waals surface area contributed by atoms with Gasteiger partial charge in [0, 0.05) is 50.1 Å². The number of hydrogen-bond donors (Lipinski definition) is 0. The highest BCUT2D eigenvalue weighted by Crippen LogP contribution is 2.45. The van der Waals surface area contributed by atoms with Crippen LogP contribution >= 0.6 is 0 Å². The van der Waals surface area contributed by atoms with Crippen molar-refractivity contribution in [1.29, 1.82) is 0 Å². The molecular formula is C51H34BN3. The van der Waals surface area contributed by atoms with Crippen molar-refractivity contribution in [2.75, 3.05) is 0 Å². The Morgan fingerprint density at radius 2 is 0.964 bits per heavy atom. The van der Waals surface area contributed by atoms with Gasteiger partial charge in [0.25, 0.3) is 0 Å². The topological polar surface area (TPSA) is 22.2 Å². The van der Waals surface area contributed by atoms with Gasteiger partial charge in [0.1, 0.15) is 0 Å². The zero-order valence-corrected chi connectivity index (χ0v) is 30.0. The second kappa shape index (κ2) is 13.7. The minimum atomic E-state index is 0.872. The van der Waals surface area contributed by atoms with Crippen LogP contribution in [0.5, 0.6) is 0 Å². The first-order chi connectivity index (χ1) is 27.2. The summed E-state index contributed by atoms with van der Waals surface area (Å²) in [4.78, 5) is 5.51. The number of fused-ring (bicyclic) bond motifs is 3. The summed E-state index contributed by atoms with van der Waals surface area (Å²) in [5.74, 6) is 0. The van der Waals surface area contributed by atoms with Gasteiger partial charge < -0.3 is 9.05 Å². The average molecular weight is 700 g/mol. The van der Waals surface area contributed by atoms with E-state index >= 15 is 0 Å². The van der Waals surface area contributed by atoms with Crippen LogP contribution in [0, 0.1) is 0 Å². The van der Waals surface area contributed by atoms with Crippen molar-refractivity contribution in [3.63, 3.8) is 0 Å². The summed E-state index contributed by atoms with van der Waals surface area (Å²) < 4.78 is 4.21. The molecule has 2 radical (unpaired) electrons. The van der Waals surface area contributed by atoms with Crippen molar-refractivity contribution >= 4 is 46.6 Å². The standard InChI is InChI=1S/C51H34BN3/c52-55-48(38-23-11-4-12-24-38)34-44(36-19-7-2-8-20-36)51(55)49(50-43(35-17-5-1-6-18-35)33-45(53-50)37-21-9-3-10-22-37)39-29-31-40(32-30-39)54-46-27-15-13-25-41(46)42-26-14-16-28-47(42)54/h1-34H/b50-49-. The largest absolute Gasteiger partial charge is 0.396 e. The first-order valence-electron chi connectivity index (χ1n) is 18.6. The lowest BCUT2D eigenvalue weighted by Gasteiger charge is -2.19. The van der Waals surface area contributed by atoms with Gasteiger partial charge in [0.2, 0.25) is 7.98 Å². The van der Waals surface area contributed by atoms with Gasteiger partial charge in [-0.3, -0.25) is 0 Å². The summed E-state index contributed by atoms with van der Waals surface area (Å²) in [6.07, 6.45) is 2.22. The van der Waals surface area contributed by atoms with Crippen LogP contribution in [0.15, 0.2) is 217 Å². The molecule has 3 heterocycles. The first-order valence-corrected chi connectivity index (χ1v) is 18.6. The summed E-state index contributed by atoms with van der Waals surface area (Å²) in [6.45, 7) is 0. The Hall–Kier alpha value is -7.17. The van der Waals surface area contributed by atoms with Gasteiger partial charge in [-0.15, -0.1) is 0 Å². The molecule has 0 atom stereocenters. The Bertz CT molecular complexity index is 2880. The van der Waals surface area contributed by atoms with E-state index in [0.29, 0.717) is 0 Å². The molecule has 256 valence electrons. The van der Waals surface area contributed by atoms with Crippen molar-refractivity contribution in [3.8, 4) is 28.1 Å². The smallest absolute Gasteiger partial charge is 0.234 e. The number of benzene rings is 7. The predicted octanol–water partition coefficient (Wildman–Crippen LogP) is 12.2. The highest BCUT2D eigenvalue weighted by Gasteiger charge is 2.28. The molecule has 2 aromatic heterocycles. The maximum Gasteiger partial charge on any atom is 0.234 e. The molecule has 0 spiro atoms. The second-order valence-corrected chi connectivity index (χ2v) is 13.8. The molecule has 0 unspecified atom stereocenters. The van der Waals surface area contributed by atoms with E-state index in [1.54, 1.807) is 0 Å². The first kappa shape index (κ1) is 32.5. The SMILES string of the molecule is [B]n1c(-c2ccccc2)cc(-c2ccccc2)c1/C(=C1\N=C(c2ccccc2)C=C1c1ccccc1)c1ccc(-n2c3ccccc3c3ccccc32)cc1. The fourth-order valence-corrected chi connectivity index (χ4v) is 8.02. The van der Waals surface area contributed by atoms with Crippen LogP contribution in [0.2, 0.25) is 0 Å². The monoisotopic (exact) mass is 699 g/mol. The van der Waals surface area contributed by atoms with Gasteiger partial charge >= 0.3 is 0 Å². The van der Waals surface area contributed by atoms with Crippen LogP contribution in [-0.2, 0) is 0 Å². The van der Waals surface area contributed by atoms with Crippen LogP contribution in [-0.4, -0.2) is 22.7 Å². The predicted molar refractivity (Wildman–Crippen MR) is 231 cm³/mol. The Kier molecular flexibility index (Phi) is 8.07. The molecule has 9 aromatic rings. The quantitative estimate of drug-likeness (QED) is 0.148. The van der Waals surface area contributed by atoms with E-state index in [1.807, 2.05) is 16.6 Å². The highest BCUT2D eigenvalue weighted by atomic mass is 15.0. The lowest BCUT2D eigenvalue weighted by molar-refractivity contribution is 1.17. The maximum atomic E-state index is 7.35. The number of para-hydroxylation sites is 2. The Labute approximate surface area is 321 Å². The van der Waals surface area contributed by atoms with E-state index in [1.165, 1.54) is 21.8 Å². The lowest BCUT2D eigenvalue weighted by atomic mass is 9.90. The second-order valence-electron chi connectivity index (χ2n) is 13.8. The fourth-order valence-electron chi connectivity index (χ4n) is 8.02. The third-order valence-corrected chi connectivity index (χ3v) is 10.6. The van der Waals surface area contributed by atoms with E-state index in [4.69, 9.17) is 13.0 Å². The minimum Gasteiger partial charge on any atom is -0.396 e. The van der Waals surface area contributed by atoms with Gasteiger partial charge in [0.15, 0.2) is 0 Å². The van der Waals surface area contributed by atoms with Gasteiger partial charge in [0.05, 0.1) is 22.4 Å². The number of aliphatic imine (C=N–C) groups is 1. The Balaban J connectivity index is 1.27. The van der Waals surface area contributed by atoms with E-state index < -0.39 is 0 Å². The van der Waals surface area contributed by atoms with Crippen molar-refractivity contribution in [2.24, 2.45) is 4.99 Å². The molecule has 10 rings (SSSR count). The van der Waals surface area contributed by atoms with Crippen LogP contribution in [0.25, 0.3) is 61.0 Å². The van der Waals surface area contributed by atoms with Crippen molar-refractivity contribution in [3.05, 3.63) is 234 Å². The number of allylic oxidation sites excluding steroid dienone is 2. The Morgan fingerprint density at radius 3 is 1.55 bits per heavy atom. The molecule has 0 aliphatic carbocycles. The molecule has 55 heavy (non-hydrogen) atoms. The van der Waals surface area contributed by atoms with E-state index in [9.17, 15) is 0 Å². The average Bonchev–Trinajstić information content (AvgIpc) is 3.95. The molecule has 1 aliphatic rings. The third-order valence-electron chi connectivity index (χ3n) is 10.6. The molecule has 0 amide bonds.